The third-order valence-corrected chi connectivity index (χ3v) is 3.56. The maximum atomic E-state index is 8.36. The minimum atomic E-state index is -0.250. The Morgan fingerprint density at radius 1 is 1.12 bits per heavy atom. The van der Waals surface area contributed by atoms with E-state index in [2.05, 4.69) is 38.1 Å². The molecule has 0 aromatic heterocycles. The van der Waals surface area contributed by atoms with Gasteiger partial charge in [-0.25, -0.2) is 0 Å². The Labute approximate surface area is 104 Å². The van der Waals surface area contributed by atoms with Crippen LogP contribution in [0.2, 0.25) is 0 Å². The summed E-state index contributed by atoms with van der Waals surface area (Å²) in [6.45, 7) is 4.29. The van der Waals surface area contributed by atoms with Gasteiger partial charge in [0.15, 0.2) is 0 Å². The lowest BCUT2D eigenvalue weighted by Gasteiger charge is -2.26. The maximum Gasteiger partial charge on any atom is 0.290 e. The zero-order valence-electron chi connectivity index (χ0n) is 10.7. The first kappa shape index (κ1) is 13.8. The molecule has 0 spiro atoms. The van der Waals surface area contributed by atoms with E-state index in [9.17, 15) is 0 Å². The average Bonchev–Trinajstić information content (AvgIpc) is 2.32. The molecule has 0 radical (unpaired) electrons. The lowest BCUT2D eigenvalue weighted by Crippen LogP contribution is -2.10. The molecule has 0 heterocycles. The molecule has 0 aliphatic heterocycles. The zero-order chi connectivity index (χ0) is 12.7. The van der Waals surface area contributed by atoms with E-state index in [1.165, 1.54) is 31.2 Å². The highest BCUT2D eigenvalue weighted by Gasteiger charge is 2.19. The van der Waals surface area contributed by atoms with Crippen molar-refractivity contribution in [3.63, 3.8) is 0 Å². The van der Waals surface area contributed by atoms with Crippen LogP contribution < -0.4 is 0 Å². The maximum absolute atomic E-state index is 8.36. The summed E-state index contributed by atoms with van der Waals surface area (Å²) in [5.41, 5.74) is 2.93. The number of hydrogen-bond acceptors (Lipinski definition) is 1. The third kappa shape index (κ3) is 4.59. The fraction of sp³-hybridized carbons (Fsp3) is 0.533. The van der Waals surface area contributed by atoms with Crippen molar-refractivity contribution in [2.24, 2.45) is 5.92 Å². The summed E-state index contributed by atoms with van der Waals surface area (Å²) in [7, 11) is 0. The van der Waals surface area contributed by atoms with E-state index in [0.717, 1.165) is 11.8 Å². The van der Waals surface area contributed by atoms with Crippen LogP contribution in [0.5, 0.6) is 0 Å². The van der Waals surface area contributed by atoms with Gasteiger partial charge in [-0.1, -0.05) is 49.6 Å². The quantitative estimate of drug-likeness (QED) is 0.746. The van der Waals surface area contributed by atoms with Gasteiger partial charge in [0, 0.05) is 0 Å². The molecule has 2 nitrogen and oxygen atoms in total. The van der Waals surface area contributed by atoms with Crippen LogP contribution in [0.25, 0.3) is 0 Å². The fourth-order valence-electron chi connectivity index (χ4n) is 2.43. The van der Waals surface area contributed by atoms with Gasteiger partial charge in [0.05, 0.1) is 0 Å². The second-order valence-electron chi connectivity index (χ2n) is 4.97. The van der Waals surface area contributed by atoms with Gasteiger partial charge in [-0.15, -0.1) is 0 Å². The molecule has 1 N–H and O–H groups in total. The number of hydrogen-bond donors (Lipinski definition) is 1. The van der Waals surface area contributed by atoms with Gasteiger partial charge in [-0.2, -0.15) is 0 Å². The van der Waals surface area contributed by atoms with Crippen molar-refractivity contribution in [1.82, 2.24) is 0 Å². The lowest BCUT2D eigenvalue weighted by atomic mass is 9.79. The van der Waals surface area contributed by atoms with Crippen molar-refractivity contribution in [1.29, 1.82) is 0 Å². The smallest absolute Gasteiger partial charge is 0.290 e. The molecule has 2 heteroatoms. The summed E-state index contributed by atoms with van der Waals surface area (Å²) in [5.74, 6) is 1.79. The van der Waals surface area contributed by atoms with E-state index < -0.39 is 0 Å². The summed E-state index contributed by atoms with van der Waals surface area (Å²) in [6, 6.07) is 9.12. The highest BCUT2D eigenvalue weighted by Crippen LogP contribution is 2.35. The molecule has 1 aromatic carbocycles. The van der Waals surface area contributed by atoms with Gasteiger partial charge in [0.25, 0.3) is 6.47 Å². The molecular formula is C15H22O2. The van der Waals surface area contributed by atoms with E-state index in [1.54, 1.807) is 5.56 Å². The van der Waals surface area contributed by atoms with Crippen molar-refractivity contribution < 1.29 is 9.90 Å². The molecule has 0 amide bonds. The van der Waals surface area contributed by atoms with E-state index >= 15 is 0 Å². The zero-order valence-corrected chi connectivity index (χ0v) is 10.7. The average molecular weight is 234 g/mol. The molecule has 1 fully saturated rings. The van der Waals surface area contributed by atoms with Gasteiger partial charge in [-0.3, -0.25) is 4.79 Å². The van der Waals surface area contributed by atoms with Crippen molar-refractivity contribution in [2.45, 2.75) is 45.4 Å². The van der Waals surface area contributed by atoms with Crippen LogP contribution in [0, 0.1) is 12.8 Å². The van der Waals surface area contributed by atoms with Gasteiger partial charge in [-0.05, 0) is 37.2 Å². The molecule has 1 aliphatic rings. The normalized spacial score (nSPS) is 23.4. The molecule has 1 aliphatic carbocycles. The second kappa shape index (κ2) is 7.10. The van der Waals surface area contributed by atoms with Crippen molar-refractivity contribution in [3.8, 4) is 0 Å². The summed E-state index contributed by atoms with van der Waals surface area (Å²) in [4.78, 5) is 8.36. The second-order valence-corrected chi connectivity index (χ2v) is 4.97. The van der Waals surface area contributed by atoms with E-state index in [1.807, 2.05) is 0 Å². The monoisotopic (exact) mass is 234 g/mol. The van der Waals surface area contributed by atoms with Crippen LogP contribution in [-0.4, -0.2) is 11.6 Å². The first-order valence-corrected chi connectivity index (χ1v) is 6.31. The van der Waals surface area contributed by atoms with Gasteiger partial charge in [0.1, 0.15) is 0 Å². The number of benzene rings is 1. The van der Waals surface area contributed by atoms with E-state index in [0.29, 0.717) is 0 Å². The molecule has 1 aromatic rings. The largest absolute Gasteiger partial charge is 0.483 e. The molecule has 0 unspecified atom stereocenters. The first-order valence-electron chi connectivity index (χ1n) is 6.31. The summed E-state index contributed by atoms with van der Waals surface area (Å²) in [5, 5.41) is 6.89. The SMILES string of the molecule is Cc1ccc(C2CCC(C)CC2)cc1.O=CO. The topological polar surface area (TPSA) is 37.3 Å². The minimum Gasteiger partial charge on any atom is -0.483 e. The number of carboxylic acid groups (broad SMARTS) is 1. The minimum absolute atomic E-state index is 0.250. The number of rotatable bonds is 1. The van der Waals surface area contributed by atoms with E-state index in [4.69, 9.17) is 9.90 Å². The van der Waals surface area contributed by atoms with Crippen molar-refractivity contribution in [3.05, 3.63) is 35.4 Å². The third-order valence-electron chi connectivity index (χ3n) is 3.56. The molecule has 2 rings (SSSR count). The fourth-order valence-corrected chi connectivity index (χ4v) is 2.43. The predicted molar refractivity (Wildman–Crippen MR) is 70.2 cm³/mol. The Morgan fingerprint density at radius 2 is 1.59 bits per heavy atom. The molecular weight excluding hydrogens is 212 g/mol. The van der Waals surface area contributed by atoms with Gasteiger partial charge >= 0.3 is 0 Å². The Balaban J connectivity index is 0.000000437. The first-order chi connectivity index (χ1) is 8.17. The lowest BCUT2D eigenvalue weighted by molar-refractivity contribution is -0.122. The van der Waals surface area contributed by atoms with Crippen molar-refractivity contribution >= 4 is 6.47 Å². The summed E-state index contributed by atoms with van der Waals surface area (Å²) < 4.78 is 0. The predicted octanol–water partition coefficient (Wildman–Crippen LogP) is 3.99. The molecule has 0 saturated heterocycles. The molecule has 1 saturated carbocycles. The van der Waals surface area contributed by atoms with E-state index in [-0.39, 0.29) is 6.47 Å². The highest BCUT2D eigenvalue weighted by atomic mass is 16.3. The van der Waals surface area contributed by atoms with Crippen LogP contribution >= 0.6 is 0 Å². The Morgan fingerprint density at radius 3 is 2.06 bits per heavy atom. The summed E-state index contributed by atoms with van der Waals surface area (Å²) in [6.07, 6.45) is 5.62. The molecule has 0 bridgehead atoms. The van der Waals surface area contributed by atoms with Gasteiger partial charge < -0.3 is 5.11 Å². The van der Waals surface area contributed by atoms with Crippen LogP contribution in [0.15, 0.2) is 24.3 Å². The Hall–Kier alpha value is -1.31. The standard InChI is InChI=1S/C14H20.CH2O2/c1-11-3-7-13(8-4-11)14-9-5-12(2)6-10-14;2-1-3/h3-4,7-8,12,14H,5-6,9-10H2,1-2H3;1H,(H,2,3). The number of aryl methyl sites for hydroxylation is 1. The Kier molecular flexibility index (Phi) is 5.75. The molecule has 94 valence electrons. The van der Waals surface area contributed by atoms with Gasteiger partial charge in [0.2, 0.25) is 0 Å². The van der Waals surface area contributed by atoms with Crippen LogP contribution in [-0.2, 0) is 4.79 Å². The van der Waals surface area contributed by atoms with Crippen LogP contribution in [0.1, 0.15) is 49.7 Å². The van der Waals surface area contributed by atoms with Crippen molar-refractivity contribution in [2.75, 3.05) is 0 Å². The number of carbonyl (C=O) groups is 1. The Bertz CT molecular complexity index is 321. The molecule has 17 heavy (non-hydrogen) atoms. The van der Waals surface area contributed by atoms with Crippen LogP contribution in [0.3, 0.4) is 0 Å². The molecule has 0 atom stereocenters. The highest BCUT2D eigenvalue weighted by molar-refractivity contribution is 5.32. The van der Waals surface area contributed by atoms with Crippen LogP contribution in [0.4, 0.5) is 0 Å². The summed E-state index contributed by atoms with van der Waals surface area (Å²) >= 11 is 0.